The summed E-state index contributed by atoms with van der Waals surface area (Å²) in [6.07, 6.45) is 1.37. The van der Waals surface area contributed by atoms with Crippen LogP contribution >= 0.6 is 0 Å². The van der Waals surface area contributed by atoms with Gasteiger partial charge in [0.25, 0.3) is 0 Å². The molecule has 1 aliphatic heterocycles. The van der Waals surface area contributed by atoms with Gasteiger partial charge in [-0.1, -0.05) is 30.3 Å². The van der Waals surface area contributed by atoms with Crippen molar-refractivity contribution < 1.29 is 33.2 Å². The Kier molecular flexibility index (Phi) is 6.83. The number of fused-ring (bicyclic) bond motifs is 1. The Bertz CT molecular complexity index is 1320. The van der Waals surface area contributed by atoms with Crippen molar-refractivity contribution in [2.24, 2.45) is 5.73 Å². The first-order valence-corrected chi connectivity index (χ1v) is 11.9. The third kappa shape index (κ3) is 5.59. The molecule has 0 bridgehead atoms. The van der Waals surface area contributed by atoms with Crippen molar-refractivity contribution in [1.29, 1.82) is 0 Å². The molecule has 0 unspecified atom stereocenters. The lowest BCUT2D eigenvalue weighted by atomic mass is 9.78. The second-order valence-electron chi connectivity index (χ2n) is 9.02. The van der Waals surface area contributed by atoms with Gasteiger partial charge in [0.2, 0.25) is 5.91 Å². The molecule has 37 heavy (non-hydrogen) atoms. The molecular weight excluding hydrogens is 475 g/mol. The smallest absolute Gasteiger partial charge is 0.494 e. The molecule has 0 aromatic heterocycles. The number of rotatable bonds is 6. The fraction of sp³-hybridized carbons (Fsp3) is 0.222. The first-order valence-electron chi connectivity index (χ1n) is 11.9. The molecule has 0 spiro atoms. The van der Waals surface area contributed by atoms with Gasteiger partial charge in [0.05, 0.1) is 13.1 Å². The Morgan fingerprint density at radius 1 is 0.973 bits per heavy atom. The lowest BCUT2D eigenvalue weighted by Gasteiger charge is -2.22. The number of carbonyl (C=O) groups is 3. The van der Waals surface area contributed by atoms with E-state index in [2.05, 4.69) is 0 Å². The summed E-state index contributed by atoms with van der Waals surface area (Å²) in [5.74, 6) is 0.419. The summed E-state index contributed by atoms with van der Waals surface area (Å²) in [6, 6.07) is 19.5. The summed E-state index contributed by atoms with van der Waals surface area (Å²) < 4.78 is 23.0. The molecule has 9 nitrogen and oxygen atoms in total. The average molecular weight is 500 g/mol. The van der Waals surface area contributed by atoms with Crippen LogP contribution in [-0.4, -0.2) is 50.0 Å². The van der Waals surface area contributed by atoms with Gasteiger partial charge in [0.1, 0.15) is 23.4 Å². The Morgan fingerprint density at radius 3 is 2.38 bits per heavy atom. The number of hydrogen-bond acceptors (Lipinski definition) is 8. The fourth-order valence-electron chi connectivity index (χ4n) is 4.48. The monoisotopic (exact) mass is 500 g/mol. The molecule has 0 saturated carbocycles. The first-order chi connectivity index (χ1) is 17.9. The van der Waals surface area contributed by atoms with Crippen LogP contribution in [-0.2, 0) is 25.3 Å². The van der Waals surface area contributed by atoms with E-state index in [0.29, 0.717) is 28.3 Å². The Balaban J connectivity index is 1.28. The minimum absolute atomic E-state index is 0.0101. The van der Waals surface area contributed by atoms with Crippen LogP contribution in [0.5, 0.6) is 17.2 Å². The van der Waals surface area contributed by atoms with E-state index in [1.807, 2.05) is 18.2 Å². The zero-order chi connectivity index (χ0) is 25.9. The van der Waals surface area contributed by atoms with Gasteiger partial charge >= 0.3 is 19.1 Å². The minimum Gasteiger partial charge on any atom is -0.494 e. The van der Waals surface area contributed by atoms with E-state index in [9.17, 15) is 14.4 Å². The van der Waals surface area contributed by atoms with Gasteiger partial charge in [-0.3, -0.25) is 19.3 Å². The molecular formula is C27H25BN2O7. The maximum atomic E-state index is 12.0. The topological polar surface area (TPSA) is 117 Å². The van der Waals surface area contributed by atoms with Crippen LogP contribution in [0, 0.1) is 0 Å². The van der Waals surface area contributed by atoms with Gasteiger partial charge in [-0.15, -0.1) is 0 Å². The lowest BCUT2D eigenvalue weighted by molar-refractivity contribution is -0.145. The van der Waals surface area contributed by atoms with Crippen LogP contribution in [0.25, 0.3) is 0 Å². The molecule has 2 aliphatic rings. The van der Waals surface area contributed by atoms with Crippen molar-refractivity contribution in [2.45, 2.75) is 18.9 Å². The third-order valence-corrected chi connectivity index (χ3v) is 6.22. The third-order valence-electron chi connectivity index (χ3n) is 6.22. The van der Waals surface area contributed by atoms with Crippen molar-refractivity contribution in [2.75, 3.05) is 20.1 Å². The SMILES string of the molecule is CN1CC(=O)OB(c2ccc(O[C@@H]3CCc4c(Oc5cccc(C(N)=O)c5)cccc43)cc2)OC(=O)C1. The number of nitrogens with zero attached hydrogens (tertiary/aromatic N) is 1. The highest BCUT2D eigenvalue weighted by Crippen LogP contribution is 2.40. The Morgan fingerprint density at radius 2 is 1.68 bits per heavy atom. The van der Waals surface area contributed by atoms with Crippen LogP contribution in [0.4, 0.5) is 0 Å². The highest BCUT2D eigenvalue weighted by molar-refractivity contribution is 6.64. The van der Waals surface area contributed by atoms with Crippen LogP contribution in [0.1, 0.15) is 34.0 Å². The zero-order valence-electron chi connectivity index (χ0n) is 20.2. The highest BCUT2D eigenvalue weighted by Gasteiger charge is 2.34. The number of hydrogen-bond donors (Lipinski definition) is 1. The summed E-state index contributed by atoms with van der Waals surface area (Å²) in [4.78, 5) is 37.1. The van der Waals surface area contributed by atoms with Gasteiger partial charge in [0, 0.05) is 16.6 Å². The summed E-state index contributed by atoms with van der Waals surface area (Å²) in [7, 11) is 0.551. The van der Waals surface area contributed by atoms with Crippen molar-refractivity contribution >= 4 is 30.4 Å². The maximum Gasteiger partial charge on any atom is 0.636 e. The number of ether oxygens (including phenoxy) is 2. The summed E-state index contributed by atoms with van der Waals surface area (Å²) in [5.41, 5.74) is 8.38. The van der Waals surface area contributed by atoms with E-state index >= 15 is 0 Å². The van der Waals surface area contributed by atoms with E-state index < -0.39 is 25.0 Å². The molecule has 1 heterocycles. The highest BCUT2D eigenvalue weighted by atomic mass is 16.6. The number of benzene rings is 3. The molecule has 3 aromatic rings. The standard InChI is InChI=1S/C27H25BN2O7/c1-30-15-25(31)36-28(37-26(32)16-30)18-8-10-19(11-9-18)34-24-13-12-22-21(24)6-3-7-23(22)35-20-5-2-4-17(14-20)27(29)33/h2-11,14,24H,12-13,15-16H2,1H3,(H2,29,33)/t24-/m1/s1. The molecule has 1 fully saturated rings. The maximum absolute atomic E-state index is 12.0. The van der Waals surface area contributed by atoms with Crippen molar-refractivity contribution in [3.63, 3.8) is 0 Å². The van der Waals surface area contributed by atoms with Crippen molar-refractivity contribution in [1.82, 2.24) is 4.90 Å². The molecule has 10 heteroatoms. The summed E-state index contributed by atoms with van der Waals surface area (Å²) >= 11 is 0. The van der Waals surface area contributed by atoms with Crippen LogP contribution in [0.2, 0.25) is 0 Å². The number of likely N-dealkylation sites (N-methyl/N-ethyl adjacent to an activating group) is 1. The number of carbonyl (C=O) groups excluding carboxylic acids is 3. The molecule has 3 aromatic carbocycles. The van der Waals surface area contributed by atoms with Gasteiger partial charge in [-0.25, -0.2) is 0 Å². The van der Waals surface area contributed by atoms with E-state index in [1.165, 1.54) is 4.90 Å². The molecule has 1 aliphatic carbocycles. The fourth-order valence-corrected chi connectivity index (χ4v) is 4.48. The normalized spacial score (nSPS) is 17.8. The predicted molar refractivity (Wildman–Crippen MR) is 135 cm³/mol. The first kappa shape index (κ1) is 24.4. The summed E-state index contributed by atoms with van der Waals surface area (Å²) in [6.45, 7) is 0.0202. The average Bonchev–Trinajstić information content (AvgIpc) is 3.27. The number of primary amides is 1. The van der Waals surface area contributed by atoms with E-state index in [4.69, 9.17) is 24.5 Å². The molecule has 1 atom stereocenters. The minimum atomic E-state index is -1.09. The van der Waals surface area contributed by atoms with E-state index in [-0.39, 0.29) is 19.2 Å². The Hall–Kier alpha value is -4.31. The second-order valence-corrected chi connectivity index (χ2v) is 9.02. The molecule has 1 amide bonds. The van der Waals surface area contributed by atoms with Gasteiger partial charge in [-0.2, -0.15) is 0 Å². The van der Waals surface area contributed by atoms with Crippen LogP contribution in [0.3, 0.4) is 0 Å². The number of amides is 1. The molecule has 5 rings (SSSR count). The Labute approximate surface area is 214 Å². The molecule has 188 valence electrons. The quantitative estimate of drug-likeness (QED) is 0.513. The second kappa shape index (κ2) is 10.4. The van der Waals surface area contributed by atoms with Crippen LogP contribution < -0.4 is 20.7 Å². The van der Waals surface area contributed by atoms with Gasteiger partial charge < -0.3 is 24.5 Å². The molecule has 0 radical (unpaired) electrons. The zero-order valence-corrected chi connectivity index (χ0v) is 20.2. The van der Waals surface area contributed by atoms with Gasteiger partial charge in [-0.05, 0) is 61.9 Å². The van der Waals surface area contributed by atoms with E-state index in [1.54, 1.807) is 55.6 Å². The molecule has 1 saturated heterocycles. The van der Waals surface area contributed by atoms with E-state index in [0.717, 1.165) is 24.0 Å². The van der Waals surface area contributed by atoms with Crippen LogP contribution in [0.15, 0.2) is 66.7 Å². The lowest BCUT2D eigenvalue weighted by Crippen LogP contribution is -2.47. The number of nitrogens with two attached hydrogens (primary N) is 1. The summed E-state index contributed by atoms with van der Waals surface area (Å²) in [5, 5.41) is 0. The van der Waals surface area contributed by atoms with Crippen molar-refractivity contribution in [3.8, 4) is 17.2 Å². The largest absolute Gasteiger partial charge is 0.636 e. The van der Waals surface area contributed by atoms with Gasteiger partial charge in [0.15, 0.2) is 0 Å². The van der Waals surface area contributed by atoms with Crippen molar-refractivity contribution in [3.05, 3.63) is 83.4 Å². The predicted octanol–water partition coefficient (Wildman–Crippen LogP) is 2.37. The molecule has 2 N–H and O–H groups in total.